The number of rotatable bonds is 6. The highest BCUT2D eigenvalue weighted by molar-refractivity contribution is 5.75. The van der Waals surface area contributed by atoms with E-state index in [0.29, 0.717) is 19.5 Å². The summed E-state index contributed by atoms with van der Waals surface area (Å²) in [6, 6.07) is 8.44. The van der Waals surface area contributed by atoms with Crippen LogP contribution in [0.5, 0.6) is 0 Å². The third kappa shape index (κ3) is 4.94. The van der Waals surface area contributed by atoms with E-state index in [1.54, 1.807) is 0 Å². The van der Waals surface area contributed by atoms with Crippen molar-refractivity contribution in [3.63, 3.8) is 0 Å². The number of hydrogen-bond acceptors (Lipinski definition) is 2. The van der Waals surface area contributed by atoms with Crippen LogP contribution in [-0.4, -0.2) is 19.0 Å². The van der Waals surface area contributed by atoms with Crippen molar-refractivity contribution < 1.29 is 4.79 Å². The summed E-state index contributed by atoms with van der Waals surface area (Å²) in [5.41, 5.74) is 7.85. The Kier molecular flexibility index (Phi) is 5.57. The van der Waals surface area contributed by atoms with Crippen LogP contribution in [0.3, 0.4) is 0 Å². The van der Waals surface area contributed by atoms with E-state index >= 15 is 0 Å². The molecule has 1 rings (SSSR count). The van der Waals surface area contributed by atoms with Crippen molar-refractivity contribution in [3.8, 4) is 0 Å². The van der Waals surface area contributed by atoms with Gasteiger partial charge in [-0.25, -0.2) is 0 Å². The third-order valence-electron chi connectivity index (χ3n) is 2.46. The molecule has 3 nitrogen and oxygen atoms in total. The highest BCUT2D eigenvalue weighted by atomic mass is 16.1. The third-order valence-corrected chi connectivity index (χ3v) is 2.46. The van der Waals surface area contributed by atoms with Gasteiger partial charge < -0.3 is 11.1 Å². The Labute approximate surface area is 97.0 Å². The van der Waals surface area contributed by atoms with Crippen LogP contribution in [0.2, 0.25) is 0 Å². The van der Waals surface area contributed by atoms with Crippen molar-refractivity contribution in [1.82, 2.24) is 5.32 Å². The normalized spacial score (nSPS) is 10.1. The summed E-state index contributed by atoms with van der Waals surface area (Å²) in [5.74, 6) is 0.0950. The highest BCUT2D eigenvalue weighted by Gasteiger charge is 2.00. The first-order chi connectivity index (χ1) is 7.72. The first kappa shape index (κ1) is 12.7. The molecule has 16 heavy (non-hydrogen) atoms. The molecule has 0 aliphatic heterocycles. The van der Waals surface area contributed by atoms with Gasteiger partial charge in [0.25, 0.3) is 0 Å². The molecule has 3 N–H and O–H groups in total. The van der Waals surface area contributed by atoms with Gasteiger partial charge in [-0.15, -0.1) is 0 Å². The molecule has 0 aliphatic rings. The smallest absolute Gasteiger partial charge is 0.220 e. The van der Waals surface area contributed by atoms with Crippen LogP contribution in [-0.2, 0) is 11.2 Å². The summed E-state index contributed by atoms with van der Waals surface area (Å²) in [6.45, 7) is 3.15. The lowest BCUT2D eigenvalue weighted by Gasteiger charge is -2.04. The van der Waals surface area contributed by atoms with E-state index in [9.17, 15) is 4.79 Å². The number of carbonyl (C=O) groups is 1. The van der Waals surface area contributed by atoms with Crippen LogP contribution in [0, 0.1) is 6.92 Å². The molecule has 1 aromatic carbocycles. The molecule has 3 heteroatoms. The Balaban J connectivity index is 2.20. The molecule has 0 heterocycles. The first-order valence-electron chi connectivity index (χ1n) is 5.74. The number of amides is 1. The van der Waals surface area contributed by atoms with E-state index < -0.39 is 0 Å². The second kappa shape index (κ2) is 7.01. The van der Waals surface area contributed by atoms with Gasteiger partial charge in [-0.1, -0.05) is 29.8 Å². The van der Waals surface area contributed by atoms with Crippen molar-refractivity contribution in [2.45, 2.75) is 26.2 Å². The van der Waals surface area contributed by atoms with Crippen LogP contribution in [0.1, 0.15) is 24.0 Å². The molecule has 0 aromatic heterocycles. The lowest BCUT2D eigenvalue weighted by atomic mass is 10.1. The fraction of sp³-hybridized carbons (Fsp3) is 0.462. The van der Waals surface area contributed by atoms with Gasteiger partial charge in [0.2, 0.25) is 5.91 Å². The number of benzene rings is 1. The van der Waals surface area contributed by atoms with Gasteiger partial charge in [-0.2, -0.15) is 0 Å². The van der Waals surface area contributed by atoms with E-state index in [-0.39, 0.29) is 5.91 Å². The highest BCUT2D eigenvalue weighted by Crippen LogP contribution is 2.06. The molecule has 0 radical (unpaired) electrons. The van der Waals surface area contributed by atoms with Crippen molar-refractivity contribution in [1.29, 1.82) is 0 Å². The molecule has 1 aromatic rings. The Hall–Kier alpha value is -1.35. The maximum absolute atomic E-state index is 11.3. The minimum atomic E-state index is 0.0950. The number of hydrogen-bond donors (Lipinski definition) is 2. The van der Waals surface area contributed by atoms with Gasteiger partial charge in [0.1, 0.15) is 0 Å². The predicted octanol–water partition coefficient (Wildman–Crippen LogP) is 1.39. The van der Waals surface area contributed by atoms with Crippen molar-refractivity contribution in [3.05, 3.63) is 35.4 Å². The average molecular weight is 220 g/mol. The molecular formula is C13H20N2O. The summed E-state index contributed by atoms with van der Waals surface area (Å²) in [4.78, 5) is 11.3. The van der Waals surface area contributed by atoms with Crippen LogP contribution < -0.4 is 11.1 Å². The van der Waals surface area contributed by atoms with Crippen molar-refractivity contribution >= 4 is 5.91 Å². The number of aryl methyl sites for hydroxylation is 2. The zero-order valence-electron chi connectivity index (χ0n) is 9.83. The molecule has 1 amide bonds. The van der Waals surface area contributed by atoms with Crippen molar-refractivity contribution in [2.24, 2.45) is 5.73 Å². The Morgan fingerprint density at radius 3 is 2.62 bits per heavy atom. The molecule has 0 spiro atoms. The molecule has 0 saturated carbocycles. The van der Waals surface area contributed by atoms with Gasteiger partial charge in [0, 0.05) is 19.5 Å². The standard InChI is InChI=1S/C13H20N2O/c1-11-5-7-12(8-6-11)3-2-4-13(16)15-10-9-14/h5-8H,2-4,9-10,14H2,1H3,(H,15,16). The molecule has 0 unspecified atom stereocenters. The zero-order valence-corrected chi connectivity index (χ0v) is 9.83. The second-order valence-corrected chi connectivity index (χ2v) is 3.98. The minimum absolute atomic E-state index is 0.0950. The fourth-order valence-electron chi connectivity index (χ4n) is 1.51. The average Bonchev–Trinajstić information content (AvgIpc) is 2.29. The van der Waals surface area contributed by atoms with E-state index in [2.05, 4.69) is 36.5 Å². The van der Waals surface area contributed by atoms with Gasteiger partial charge in [0.15, 0.2) is 0 Å². The lowest BCUT2D eigenvalue weighted by Crippen LogP contribution is -2.28. The number of carbonyl (C=O) groups excluding carboxylic acids is 1. The zero-order chi connectivity index (χ0) is 11.8. The molecule has 0 atom stereocenters. The van der Waals surface area contributed by atoms with Gasteiger partial charge >= 0.3 is 0 Å². The summed E-state index contributed by atoms with van der Waals surface area (Å²) in [7, 11) is 0. The first-order valence-corrected chi connectivity index (χ1v) is 5.74. The lowest BCUT2D eigenvalue weighted by molar-refractivity contribution is -0.121. The Bertz CT molecular complexity index is 319. The molecule has 0 bridgehead atoms. The Morgan fingerprint density at radius 1 is 1.31 bits per heavy atom. The maximum atomic E-state index is 11.3. The monoisotopic (exact) mass is 220 g/mol. The van der Waals surface area contributed by atoms with E-state index in [0.717, 1.165) is 12.8 Å². The number of nitrogens with two attached hydrogens (primary N) is 1. The predicted molar refractivity (Wildman–Crippen MR) is 66.2 cm³/mol. The quantitative estimate of drug-likeness (QED) is 0.761. The van der Waals surface area contributed by atoms with Gasteiger partial charge in [-0.3, -0.25) is 4.79 Å². The summed E-state index contributed by atoms with van der Waals surface area (Å²) in [5, 5.41) is 2.76. The molecule has 88 valence electrons. The molecule has 0 aliphatic carbocycles. The second-order valence-electron chi connectivity index (χ2n) is 3.98. The van der Waals surface area contributed by atoms with Crippen LogP contribution in [0.25, 0.3) is 0 Å². The molecular weight excluding hydrogens is 200 g/mol. The fourth-order valence-corrected chi connectivity index (χ4v) is 1.51. The van der Waals surface area contributed by atoms with Crippen LogP contribution in [0.4, 0.5) is 0 Å². The van der Waals surface area contributed by atoms with E-state index in [4.69, 9.17) is 5.73 Å². The van der Waals surface area contributed by atoms with Crippen LogP contribution in [0.15, 0.2) is 24.3 Å². The summed E-state index contributed by atoms with van der Waals surface area (Å²) >= 11 is 0. The molecule has 0 saturated heterocycles. The van der Waals surface area contributed by atoms with Gasteiger partial charge in [0.05, 0.1) is 0 Å². The Morgan fingerprint density at radius 2 is 2.00 bits per heavy atom. The largest absolute Gasteiger partial charge is 0.355 e. The summed E-state index contributed by atoms with van der Waals surface area (Å²) < 4.78 is 0. The SMILES string of the molecule is Cc1ccc(CCCC(=O)NCCN)cc1. The van der Waals surface area contributed by atoms with Gasteiger partial charge in [-0.05, 0) is 25.3 Å². The topological polar surface area (TPSA) is 55.1 Å². The van der Waals surface area contributed by atoms with E-state index in [1.807, 2.05) is 0 Å². The van der Waals surface area contributed by atoms with Crippen molar-refractivity contribution in [2.75, 3.05) is 13.1 Å². The number of nitrogens with one attached hydrogen (secondary N) is 1. The minimum Gasteiger partial charge on any atom is -0.355 e. The summed E-state index contributed by atoms with van der Waals surface area (Å²) in [6.07, 6.45) is 2.42. The van der Waals surface area contributed by atoms with Crippen LogP contribution >= 0.6 is 0 Å². The maximum Gasteiger partial charge on any atom is 0.220 e. The van der Waals surface area contributed by atoms with E-state index in [1.165, 1.54) is 11.1 Å². The molecule has 0 fully saturated rings.